The van der Waals surface area contributed by atoms with E-state index in [1.54, 1.807) is 6.92 Å². The lowest BCUT2D eigenvalue weighted by molar-refractivity contribution is 0.0531. The van der Waals surface area contributed by atoms with Crippen molar-refractivity contribution in [2.24, 2.45) is 5.92 Å². The van der Waals surface area contributed by atoms with Gasteiger partial charge in [0.1, 0.15) is 9.88 Å². The number of anilines is 1. The molecule has 0 atom stereocenters. The van der Waals surface area contributed by atoms with E-state index in [4.69, 9.17) is 10.5 Å². The van der Waals surface area contributed by atoms with Gasteiger partial charge < -0.3 is 15.0 Å². The first kappa shape index (κ1) is 18.5. The first-order valence-electron chi connectivity index (χ1n) is 8.86. The van der Waals surface area contributed by atoms with Crippen LogP contribution in [0.2, 0.25) is 0 Å². The van der Waals surface area contributed by atoms with Gasteiger partial charge in [-0.15, -0.1) is 11.3 Å². The molecule has 0 fully saturated rings. The fraction of sp³-hybridized carbons (Fsp3) is 0.400. The van der Waals surface area contributed by atoms with E-state index in [2.05, 4.69) is 42.5 Å². The van der Waals surface area contributed by atoms with Crippen molar-refractivity contribution in [3.05, 3.63) is 34.5 Å². The van der Waals surface area contributed by atoms with E-state index < -0.39 is 0 Å². The normalized spacial score (nSPS) is 11.5. The van der Waals surface area contributed by atoms with Gasteiger partial charge in [0.15, 0.2) is 0 Å². The van der Waals surface area contributed by atoms with Crippen molar-refractivity contribution in [2.45, 2.75) is 41.2 Å². The lowest BCUT2D eigenvalue weighted by atomic mass is 10.1. The van der Waals surface area contributed by atoms with Gasteiger partial charge in [0, 0.05) is 23.2 Å². The summed E-state index contributed by atoms with van der Waals surface area (Å²) in [6.45, 7) is 11.4. The molecule has 3 rings (SSSR count). The third kappa shape index (κ3) is 3.21. The Labute approximate surface area is 157 Å². The van der Waals surface area contributed by atoms with Crippen molar-refractivity contribution < 1.29 is 9.53 Å². The van der Waals surface area contributed by atoms with Gasteiger partial charge >= 0.3 is 5.97 Å². The van der Waals surface area contributed by atoms with E-state index in [-0.39, 0.29) is 5.97 Å². The lowest BCUT2D eigenvalue weighted by Gasteiger charge is -2.11. The number of ether oxygens (including phenoxy) is 1. The molecule has 5 nitrogen and oxygen atoms in total. The van der Waals surface area contributed by atoms with E-state index in [1.807, 2.05) is 13.0 Å². The lowest BCUT2D eigenvalue weighted by Crippen LogP contribution is -2.06. The summed E-state index contributed by atoms with van der Waals surface area (Å²) in [5, 5.41) is 1.84. The smallest absolute Gasteiger partial charge is 0.350 e. The number of nitrogens with zero attached hydrogens (tertiary/aromatic N) is 2. The number of fused-ring (bicyclic) bond motifs is 1. The maximum absolute atomic E-state index is 12.1. The summed E-state index contributed by atoms with van der Waals surface area (Å²) in [5.74, 6) is 0.227. The molecule has 26 heavy (non-hydrogen) atoms. The zero-order valence-electron chi connectivity index (χ0n) is 15.9. The van der Waals surface area contributed by atoms with Crippen LogP contribution in [-0.2, 0) is 11.3 Å². The molecule has 0 saturated heterocycles. The number of esters is 1. The van der Waals surface area contributed by atoms with E-state index in [0.29, 0.717) is 23.1 Å². The van der Waals surface area contributed by atoms with Gasteiger partial charge in [-0.25, -0.2) is 9.78 Å². The Balaban J connectivity index is 2.06. The summed E-state index contributed by atoms with van der Waals surface area (Å²) in [6.07, 6.45) is 0. The Kier molecular flexibility index (Phi) is 5.05. The SMILES string of the molecule is CCOC(=O)c1sc(-c2ccc3c(c2)c(N)c(C)n3CC(C)C)nc1C. The number of hydrogen-bond donors (Lipinski definition) is 1. The molecule has 0 radical (unpaired) electrons. The Bertz CT molecular complexity index is 969. The molecule has 3 aromatic rings. The van der Waals surface area contributed by atoms with Crippen LogP contribution >= 0.6 is 11.3 Å². The topological polar surface area (TPSA) is 70.1 Å². The molecule has 0 amide bonds. The van der Waals surface area contributed by atoms with Crippen LogP contribution < -0.4 is 5.73 Å². The molecule has 0 unspecified atom stereocenters. The van der Waals surface area contributed by atoms with Gasteiger partial charge in [0.05, 0.1) is 23.5 Å². The Morgan fingerprint density at radius 2 is 2.08 bits per heavy atom. The van der Waals surface area contributed by atoms with Crippen LogP contribution in [-0.4, -0.2) is 22.1 Å². The number of thiazole rings is 1. The second-order valence-electron chi connectivity index (χ2n) is 6.89. The van der Waals surface area contributed by atoms with Crippen molar-refractivity contribution in [2.75, 3.05) is 12.3 Å². The number of hydrogen-bond acceptors (Lipinski definition) is 5. The van der Waals surface area contributed by atoms with Crippen LogP contribution in [0.25, 0.3) is 21.5 Å². The highest BCUT2D eigenvalue weighted by Gasteiger charge is 2.19. The number of aromatic nitrogens is 2. The third-order valence-electron chi connectivity index (χ3n) is 4.42. The minimum Gasteiger partial charge on any atom is -0.462 e. The van der Waals surface area contributed by atoms with Gasteiger partial charge in [-0.1, -0.05) is 13.8 Å². The van der Waals surface area contributed by atoms with Crippen molar-refractivity contribution in [3.8, 4) is 10.6 Å². The molecule has 0 aliphatic carbocycles. The van der Waals surface area contributed by atoms with Gasteiger partial charge in [-0.3, -0.25) is 0 Å². The van der Waals surface area contributed by atoms with Gasteiger partial charge in [-0.2, -0.15) is 0 Å². The fourth-order valence-corrected chi connectivity index (χ4v) is 4.10. The van der Waals surface area contributed by atoms with Crippen molar-refractivity contribution >= 4 is 33.9 Å². The maximum Gasteiger partial charge on any atom is 0.350 e. The van der Waals surface area contributed by atoms with Crippen LogP contribution in [0.5, 0.6) is 0 Å². The van der Waals surface area contributed by atoms with Gasteiger partial charge in [0.25, 0.3) is 0 Å². The van der Waals surface area contributed by atoms with Crippen LogP contribution in [0.15, 0.2) is 18.2 Å². The molecular weight excluding hydrogens is 346 g/mol. The Hall–Kier alpha value is -2.34. The van der Waals surface area contributed by atoms with Crippen molar-refractivity contribution in [1.82, 2.24) is 9.55 Å². The van der Waals surface area contributed by atoms with Crippen LogP contribution in [0.1, 0.15) is 41.8 Å². The van der Waals surface area contributed by atoms with E-state index in [9.17, 15) is 4.79 Å². The largest absolute Gasteiger partial charge is 0.462 e. The Morgan fingerprint density at radius 1 is 1.35 bits per heavy atom. The summed E-state index contributed by atoms with van der Waals surface area (Å²) < 4.78 is 7.39. The molecule has 0 bridgehead atoms. The second kappa shape index (κ2) is 7.11. The maximum atomic E-state index is 12.1. The molecule has 2 heterocycles. The number of nitrogens with two attached hydrogens (primary N) is 1. The molecule has 0 spiro atoms. The predicted molar refractivity (Wildman–Crippen MR) is 108 cm³/mol. The summed E-state index contributed by atoms with van der Waals surface area (Å²) >= 11 is 1.36. The average Bonchev–Trinajstić information content (AvgIpc) is 3.09. The van der Waals surface area contributed by atoms with Crippen LogP contribution in [0.3, 0.4) is 0 Å². The summed E-state index contributed by atoms with van der Waals surface area (Å²) in [4.78, 5) is 17.2. The number of aryl methyl sites for hydroxylation is 1. The minimum atomic E-state index is -0.312. The molecule has 6 heteroatoms. The molecular formula is C20H25N3O2S. The number of nitrogen functional groups attached to an aromatic ring is 1. The fourth-order valence-electron chi connectivity index (χ4n) is 3.15. The zero-order valence-corrected chi connectivity index (χ0v) is 16.7. The summed E-state index contributed by atoms with van der Waals surface area (Å²) in [5.41, 5.74) is 11.1. The van der Waals surface area contributed by atoms with Gasteiger partial charge in [0.2, 0.25) is 0 Å². The zero-order chi connectivity index (χ0) is 19.0. The molecule has 1 aromatic carbocycles. The number of rotatable bonds is 5. The highest BCUT2D eigenvalue weighted by molar-refractivity contribution is 7.17. The van der Waals surface area contributed by atoms with Crippen molar-refractivity contribution in [3.63, 3.8) is 0 Å². The van der Waals surface area contributed by atoms with Gasteiger partial charge in [-0.05, 0) is 44.9 Å². The predicted octanol–water partition coefficient (Wildman–Crippen LogP) is 4.80. The van der Waals surface area contributed by atoms with E-state index in [0.717, 1.165) is 39.4 Å². The molecule has 0 saturated carbocycles. The molecule has 138 valence electrons. The minimum absolute atomic E-state index is 0.312. The molecule has 2 aromatic heterocycles. The van der Waals surface area contributed by atoms with E-state index in [1.165, 1.54) is 11.3 Å². The van der Waals surface area contributed by atoms with Crippen LogP contribution in [0, 0.1) is 19.8 Å². The average molecular weight is 372 g/mol. The molecule has 0 aliphatic rings. The highest BCUT2D eigenvalue weighted by atomic mass is 32.1. The first-order valence-corrected chi connectivity index (χ1v) is 9.68. The number of carbonyl (C=O) groups excluding carboxylic acids is 1. The second-order valence-corrected chi connectivity index (χ2v) is 7.89. The highest BCUT2D eigenvalue weighted by Crippen LogP contribution is 2.35. The van der Waals surface area contributed by atoms with E-state index >= 15 is 0 Å². The first-order chi connectivity index (χ1) is 12.3. The number of carbonyl (C=O) groups is 1. The van der Waals surface area contributed by atoms with Crippen LogP contribution in [0.4, 0.5) is 5.69 Å². The standard InChI is InChI=1S/C20H25N3O2S/c1-6-25-20(24)18-12(4)22-19(26-18)14-7-8-16-15(9-14)17(21)13(5)23(16)10-11(2)3/h7-9,11H,6,10,21H2,1-5H3. The van der Waals surface area contributed by atoms with Crippen molar-refractivity contribution in [1.29, 1.82) is 0 Å². The third-order valence-corrected chi connectivity index (χ3v) is 5.61. The Morgan fingerprint density at radius 3 is 2.73 bits per heavy atom. The quantitative estimate of drug-likeness (QED) is 0.654. The monoisotopic (exact) mass is 371 g/mol. The summed E-state index contributed by atoms with van der Waals surface area (Å²) in [7, 11) is 0. The molecule has 2 N–H and O–H groups in total. The molecule has 0 aliphatic heterocycles. The number of benzene rings is 1. The summed E-state index contributed by atoms with van der Waals surface area (Å²) in [6, 6.07) is 6.21.